The molecule has 0 rings (SSSR count). The van der Waals surface area contributed by atoms with E-state index in [1.807, 2.05) is 6.08 Å². The summed E-state index contributed by atoms with van der Waals surface area (Å²) in [6, 6.07) is 0. The van der Waals surface area contributed by atoms with Gasteiger partial charge in [-0.3, -0.25) is 0 Å². The van der Waals surface area contributed by atoms with Crippen molar-refractivity contribution < 1.29 is 0 Å². The van der Waals surface area contributed by atoms with Crippen molar-refractivity contribution in [1.82, 2.24) is 5.32 Å². The van der Waals surface area contributed by atoms with Crippen molar-refractivity contribution in [2.45, 2.75) is 71.8 Å². The first-order valence-electron chi connectivity index (χ1n) is 7.48. The molecule has 0 saturated carbocycles. The monoisotopic (exact) mass is 266 g/mol. The average Bonchev–Trinajstić information content (AvgIpc) is 2.23. The fourth-order valence-electron chi connectivity index (χ4n) is 2.09. The Balaban J connectivity index is 3.78. The van der Waals surface area contributed by atoms with Crippen molar-refractivity contribution in [3.63, 3.8) is 0 Å². The Hall–Kier alpha value is -0.760. The van der Waals surface area contributed by atoms with E-state index in [9.17, 15) is 0 Å². The molecular weight excluding hydrogens is 232 g/mol. The second-order valence-corrected chi connectivity index (χ2v) is 7.11. The Labute approximate surface area is 120 Å². The van der Waals surface area contributed by atoms with Gasteiger partial charge in [0.25, 0.3) is 0 Å². The van der Waals surface area contributed by atoms with Crippen molar-refractivity contribution in [2.75, 3.05) is 6.54 Å². The van der Waals surface area contributed by atoms with Gasteiger partial charge in [0.15, 0.2) is 0 Å². The van der Waals surface area contributed by atoms with Crippen LogP contribution < -0.4 is 11.1 Å². The standard InChI is InChI=1S/C17H34N2/c1-7-8-10-15(2)19-14-13-16(3,4)11-9-12-17(5,6)18/h7,19H,1-2,8-14,18H2,3-6H3. The van der Waals surface area contributed by atoms with Crippen LogP contribution in [0.2, 0.25) is 0 Å². The molecule has 0 aromatic rings. The summed E-state index contributed by atoms with van der Waals surface area (Å²) in [5.74, 6) is 0. The lowest BCUT2D eigenvalue weighted by atomic mass is 9.82. The molecule has 0 unspecified atom stereocenters. The van der Waals surface area contributed by atoms with E-state index in [1.54, 1.807) is 0 Å². The summed E-state index contributed by atoms with van der Waals surface area (Å²) in [7, 11) is 0. The maximum atomic E-state index is 6.02. The van der Waals surface area contributed by atoms with Gasteiger partial charge < -0.3 is 11.1 Å². The van der Waals surface area contributed by atoms with Crippen LogP contribution in [0.5, 0.6) is 0 Å². The fraction of sp³-hybridized carbons (Fsp3) is 0.765. The van der Waals surface area contributed by atoms with Gasteiger partial charge in [0.1, 0.15) is 0 Å². The van der Waals surface area contributed by atoms with Crippen LogP contribution in [0.15, 0.2) is 24.9 Å². The van der Waals surface area contributed by atoms with Gasteiger partial charge >= 0.3 is 0 Å². The van der Waals surface area contributed by atoms with Crippen molar-refractivity contribution >= 4 is 0 Å². The minimum absolute atomic E-state index is 0.0344. The first-order chi connectivity index (χ1) is 8.66. The van der Waals surface area contributed by atoms with Gasteiger partial charge in [-0.05, 0) is 51.4 Å². The summed E-state index contributed by atoms with van der Waals surface area (Å²) in [6.07, 6.45) is 8.63. The fourth-order valence-corrected chi connectivity index (χ4v) is 2.09. The van der Waals surface area contributed by atoms with Gasteiger partial charge in [0, 0.05) is 17.8 Å². The van der Waals surface area contributed by atoms with E-state index in [4.69, 9.17) is 5.73 Å². The van der Waals surface area contributed by atoms with Crippen LogP contribution in [-0.2, 0) is 0 Å². The number of nitrogens with two attached hydrogens (primary N) is 1. The highest BCUT2D eigenvalue weighted by Crippen LogP contribution is 2.28. The van der Waals surface area contributed by atoms with E-state index < -0.39 is 0 Å². The zero-order valence-corrected chi connectivity index (χ0v) is 13.5. The Morgan fingerprint density at radius 1 is 1.16 bits per heavy atom. The van der Waals surface area contributed by atoms with Crippen molar-refractivity contribution in [3.8, 4) is 0 Å². The molecule has 112 valence electrons. The molecule has 0 heterocycles. The van der Waals surface area contributed by atoms with Gasteiger partial charge in [-0.2, -0.15) is 0 Å². The van der Waals surface area contributed by atoms with Crippen molar-refractivity contribution in [1.29, 1.82) is 0 Å². The molecule has 19 heavy (non-hydrogen) atoms. The minimum atomic E-state index is -0.0344. The molecule has 0 bridgehead atoms. The summed E-state index contributed by atoms with van der Waals surface area (Å²) in [6.45, 7) is 17.6. The van der Waals surface area contributed by atoms with Crippen molar-refractivity contribution in [2.24, 2.45) is 11.1 Å². The van der Waals surface area contributed by atoms with E-state index in [-0.39, 0.29) is 5.54 Å². The van der Waals surface area contributed by atoms with Crippen LogP contribution in [0.1, 0.15) is 66.2 Å². The van der Waals surface area contributed by atoms with E-state index in [2.05, 4.69) is 46.2 Å². The van der Waals surface area contributed by atoms with E-state index in [0.29, 0.717) is 5.41 Å². The van der Waals surface area contributed by atoms with Gasteiger partial charge in [-0.1, -0.05) is 32.9 Å². The third kappa shape index (κ3) is 12.0. The molecule has 0 spiro atoms. The quantitative estimate of drug-likeness (QED) is 0.545. The molecule has 0 saturated heterocycles. The lowest BCUT2D eigenvalue weighted by Gasteiger charge is -2.27. The summed E-state index contributed by atoms with van der Waals surface area (Å²) >= 11 is 0. The van der Waals surface area contributed by atoms with Gasteiger partial charge in [-0.25, -0.2) is 0 Å². The summed E-state index contributed by atoms with van der Waals surface area (Å²) in [5.41, 5.74) is 7.48. The number of allylic oxidation sites excluding steroid dienone is 2. The third-order valence-electron chi connectivity index (χ3n) is 3.50. The second-order valence-electron chi connectivity index (χ2n) is 7.11. The maximum Gasteiger partial charge on any atom is 0.0148 e. The average molecular weight is 266 g/mol. The summed E-state index contributed by atoms with van der Waals surface area (Å²) < 4.78 is 0. The Morgan fingerprint density at radius 3 is 2.32 bits per heavy atom. The largest absolute Gasteiger partial charge is 0.389 e. The minimum Gasteiger partial charge on any atom is -0.389 e. The van der Waals surface area contributed by atoms with Crippen LogP contribution in [0.3, 0.4) is 0 Å². The molecule has 0 aliphatic heterocycles. The Kier molecular flexibility index (Phi) is 8.08. The number of hydrogen-bond donors (Lipinski definition) is 2. The van der Waals surface area contributed by atoms with Crippen LogP contribution in [0.4, 0.5) is 0 Å². The van der Waals surface area contributed by atoms with E-state index >= 15 is 0 Å². The highest BCUT2D eigenvalue weighted by molar-refractivity contribution is 4.93. The first kappa shape index (κ1) is 18.2. The predicted molar refractivity (Wildman–Crippen MR) is 87.1 cm³/mol. The van der Waals surface area contributed by atoms with Gasteiger partial charge in [0.05, 0.1) is 0 Å². The Bertz CT molecular complexity index is 271. The zero-order chi connectivity index (χ0) is 14.9. The normalized spacial score (nSPS) is 12.3. The number of hydrogen-bond acceptors (Lipinski definition) is 2. The topological polar surface area (TPSA) is 38.0 Å². The molecule has 0 fully saturated rings. The van der Waals surface area contributed by atoms with Crippen LogP contribution in [0, 0.1) is 5.41 Å². The highest BCUT2D eigenvalue weighted by atomic mass is 14.9. The van der Waals surface area contributed by atoms with Crippen LogP contribution >= 0.6 is 0 Å². The molecule has 3 N–H and O–H groups in total. The molecule has 0 atom stereocenters. The van der Waals surface area contributed by atoms with E-state index in [0.717, 1.165) is 31.5 Å². The highest BCUT2D eigenvalue weighted by Gasteiger charge is 2.19. The SMILES string of the molecule is C=CCCC(=C)NCCC(C)(C)CCCC(C)(C)N. The molecule has 0 radical (unpaired) electrons. The molecule has 0 aliphatic rings. The Morgan fingerprint density at radius 2 is 1.79 bits per heavy atom. The molecule has 2 heteroatoms. The van der Waals surface area contributed by atoms with Crippen molar-refractivity contribution in [3.05, 3.63) is 24.9 Å². The van der Waals surface area contributed by atoms with Gasteiger partial charge in [0.2, 0.25) is 0 Å². The van der Waals surface area contributed by atoms with Crippen LogP contribution in [-0.4, -0.2) is 12.1 Å². The summed E-state index contributed by atoms with van der Waals surface area (Å²) in [4.78, 5) is 0. The smallest absolute Gasteiger partial charge is 0.0148 e. The molecule has 0 aromatic carbocycles. The lowest BCUT2D eigenvalue weighted by molar-refractivity contribution is 0.281. The molecule has 0 aromatic heterocycles. The number of rotatable bonds is 11. The molecule has 0 aliphatic carbocycles. The third-order valence-corrected chi connectivity index (χ3v) is 3.50. The second kappa shape index (κ2) is 8.42. The maximum absolute atomic E-state index is 6.02. The number of nitrogens with one attached hydrogen (secondary N) is 1. The lowest BCUT2D eigenvalue weighted by Crippen LogP contribution is -2.32. The van der Waals surface area contributed by atoms with Crippen LogP contribution in [0.25, 0.3) is 0 Å². The van der Waals surface area contributed by atoms with Gasteiger partial charge in [-0.15, -0.1) is 6.58 Å². The van der Waals surface area contributed by atoms with E-state index in [1.165, 1.54) is 19.3 Å². The predicted octanol–water partition coefficient (Wildman–Crippen LogP) is 4.38. The molecule has 0 amide bonds. The summed E-state index contributed by atoms with van der Waals surface area (Å²) in [5, 5.41) is 3.41. The zero-order valence-electron chi connectivity index (χ0n) is 13.5. The molecular formula is C17H34N2. The first-order valence-corrected chi connectivity index (χ1v) is 7.48. The molecule has 2 nitrogen and oxygen atoms in total.